The quantitative estimate of drug-likeness (QED) is 0.475. The van der Waals surface area contributed by atoms with Gasteiger partial charge in [0, 0.05) is 24.6 Å². The van der Waals surface area contributed by atoms with E-state index in [1.54, 1.807) is 36.7 Å². The van der Waals surface area contributed by atoms with Gasteiger partial charge in [-0.3, -0.25) is 14.9 Å². The van der Waals surface area contributed by atoms with Crippen molar-refractivity contribution in [3.05, 3.63) is 69.5 Å². The predicted molar refractivity (Wildman–Crippen MR) is 125 cm³/mol. The van der Waals surface area contributed by atoms with Crippen molar-refractivity contribution in [1.29, 1.82) is 0 Å². The van der Waals surface area contributed by atoms with Crippen molar-refractivity contribution in [2.45, 2.75) is 25.4 Å². The molecular weight excluding hydrogens is 498 g/mol. The summed E-state index contributed by atoms with van der Waals surface area (Å²) in [6, 6.07) is 10.6. The van der Waals surface area contributed by atoms with Gasteiger partial charge in [0.25, 0.3) is 5.91 Å². The summed E-state index contributed by atoms with van der Waals surface area (Å²) in [6.07, 6.45) is 5.98. The number of H-pyrrole nitrogens is 1. The molecule has 1 saturated heterocycles. The van der Waals surface area contributed by atoms with Crippen LogP contribution in [-0.4, -0.2) is 46.3 Å². The first-order valence-corrected chi connectivity index (χ1v) is 11.4. The number of nitrogens with zero attached hydrogens (tertiary/aromatic N) is 3. The summed E-state index contributed by atoms with van der Waals surface area (Å²) in [7, 11) is 0. The molecule has 1 aliphatic rings. The van der Waals surface area contributed by atoms with E-state index in [0.29, 0.717) is 21.6 Å². The Kier molecular flexibility index (Phi) is 7.06. The summed E-state index contributed by atoms with van der Waals surface area (Å²) < 4.78 is 6.10. The minimum Gasteiger partial charge on any atom is -0.456 e. The fourth-order valence-corrected chi connectivity index (χ4v) is 4.23. The molecule has 1 atom stereocenters. The molecule has 1 aromatic carbocycles. The van der Waals surface area contributed by atoms with Crippen LogP contribution in [0.1, 0.15) is 40.1 Å². The number of aromatic amines is 1. The maximum Gasteiger partial charge on any atom is 0.357 e. The number of esters is 1. The summed E-state index contributed by atoms with van der Waals surface area (Å²) in [5, 5.41) is 9.67. The van der Waals surface area contributed by atoms with Crippen molar-refractivity contribution in [3.8, 4) is 0 Å². The second-order valence-corrected chi connectivity index (χ2v) is 8.57. The molecule has 2 N–H and O–H groups in total. The number of hydrogen-bond acceptors (Lipinski definition) is 6. The van der Waals surface area contributed by atoms with E-state index in [0.717, 1.165) is 31.5 Å². The molecule has 1 aliphatic heterocycles. The van der Waals surface area contributed by atoms with Crippen LogP contribution in [0.5, 0.6) is 0 Å². The Balaban J connectivity index is 1.43. The van der Waals surface area contributed by atoms with Crippen LogP contribution in [0.3, 0.4) is 0 Å². The highest BCUT2D eigenvalue weighted by molar-refractivity contribution is 9.10. The summed E-state index contributed by atoms with van der Waals surface area (Å²) in [5.74, 6) is -0.787. The van der Waals surface area contributed by atoms with Gasteiger partial charge in [-0.25, -0.2) is 4.79 Å². The van der Waals surface area contributed by atoms with E-state index in [1.165, 1.54) is 0 Å². The number of rotatable bonds is 5. The number of anilines is 2. The molecule has 0 spiro atoms. The monoisotopic (exact) mass is 517 g/mol. The summed E-state index contributed by atoms with van der Waals surface area (Å²) in [4.78, 5) is 31.6. The molecule has 8 nitrogen and oxygen atoms in total. The van der Waals surface area contributed by atoms with Crippen LogP contribution in [0.4, 0.5) is 11.5 Å². The van der Waals surface area contributed by atoms with Crippen LogP contribution in [0.15, 0.2) is 53.3 Å². The van der Waals surface area contributed by atoms with Crippen LogP contribution in [-0.2, 0) is 4.74 Å². The molecule has 0 bridgehead atoms. The maximum atomic E-state index is 12.8. The van der Waals surface area contributed by atoms with Crippen LogP contribution in [0.2, 0.25) is 5.02 Å². The number of pyridine rings is 1. The fraction of sp³-hybridized carbons (Fsp3) is 0.273. The van der Waals surface area contributed by atoms with E-state index in [4.69, 9.17) is 16.3 Å². The molecule has 0 radical (unpaired) electrons. The number of nitrogens with one attached hydrogen (secondary N) is 2. The van der Waals surface area contributed by atoms with Gasteiger partial charge in [-0.15, -0.1) is 0 Å². The molecule has 4 rings (SSSR count). The Hall–Kier alpha value is -2.91. The van der Waals surface area contributed by atoms with E-state index in [1.807, 2.05) is 12.1 Å². The summed E-state index contributed by atoms with van der Waals surface area (Å²) >= 11 is 9.42. The second-order valence-electron chi connectivity index (χ2n) is 7.37. The van der Waals surface area contributed by atoms with Crippen molar-refractivity contribution < 1.29 is 14.3 Å². The Labute approximate surface area is 198 Å². The number of amides is 1. The zero-order chi connectivity index (χ0) is 22.5. The smallest absolute Gasteiger partial charge is 0.357 e. The van der Waals surface area contributed by atoms with E-state index in [9.17, 15) is 9.59 Å². The molecule has 0 unspecified atom stereocenters. The van der Waals surface area contributed by atoms with E-state index in [2.05, 4.69) is 41.3 Å². The van der Waals surface area contributed by atoms with Crippen molar-refractivity contribution in [2.24, 2.45) is 0 Å². The third-order valence-electron chi connectivity index (χ3n) is 5.19. The highest BCUT2D eigenvalue weighted by Crippen LogP contribution is 2.27. The summed E-state index contributed by atoms with van der Waals surface area (Å²) in [6.45, 7) is 1.49. The lowest BCUT2D eigenvalue weighted by Gasteiger charge is -2.26. The second kappa shape index (κ2) is 10.1. The number of aromatic nitrogens is 3. The first-order valence-electron chi connectivity index (χ1n) is 10.2. The molecule has 2 aromatic heterocycles. The largest absolute Gasteiger partial charge is 0.456 e. The van der Waals surface area contributed by atoms with Crippen molar-refractivity contribution in [2.75, 3.05) is 23.3 Å². The topological polar surface area (TPSA) is 100 Å². The Morgan fingerprint density at radius 3 is 2.75 bits per heavy atom. The van der Waals surface area contributed by atoms with E-state index >= 15 is 0 Å². The SMILES string of the molecule is O=C(Nc1n[nH]c(C(=O)O[C@@H]2CCCCN(c3ccncc3)C2)c1Br)c1ccccc1Cl. The highest BCUT2D eigenvalue weighted by atomic mass is 79.9. The fourth-order valence-electron chi connectivity index (χ4n) is 3.57. The van der Waals surface area contributed by atoms with Crippen molar-refractivity contribution in [1.82, 2.24) is 15.2 Å². The maximum absolute atomic E-state index is 12.8. The Morgan fingerprint density at radius 1 is 1.19 bits per heavy atom. The van der Waals surface area contributed by atoms with Gasteiger partial charge in [-0.1, -0.05) is 23.7 Å². The van der Waals surface area contributed by atoms with Gasteiger partial charge >= 0.3 is 5.97 Å². The zero-order valence-electron chi connectivity index (χ0n) is 17.1. The molecule has 166 valence electrons. The number of halogens is 2. The molecule has 1 fully saturated rings. The minimum atomic E-state index is -0.538. The Bertz CT molecular complexity index is 1110. The average Bonchev–Trinajstić information content (AvgIpc) is 3.01. The molecule has 0 saturated carbocycles. The predicted octanol–water partition coefficient (Wildman–Crippen LogP) is 4.69. The number of ether oxygens (including phenoxy) is 1. The molecule has 3 heterocycles. The molecule has 3 aromatic rings. The normalized spacial score (nSPS) is 16.3. The van der Waals surface area contributed by atoms with Crippen molar-refractivity contribution >= 4 is 50.9 Å². The van der Waals surface area contributed by atoms with Crippen LogP contribution in [0, 0.1) is 0 Å². The van der Waals surface area contributed by atoms with Gasteiger partial charge in [-0.2, -0.15) is 5.10 Å². The lowest BCUT2D eigenvalue weighted by atomic mass is 10.2. The first kappa shape index (κ1) is 22.3. The number of benzene rings is 1. The number of carbonyl (C=O) groups is 2. The lowest BCUT2D eigenvalue weighted by molar-refractivity contribution is 0.0297. The van der Waals surface area contributed by atoms with Gasteiger partial charge in [-0.05, 0) is 59.5 Å². The number of hydrogen-bond donors (Lipinski definition) is 2. The summed E-state index contributed by atoms with van der Waals surface area (Å²) in [5.41, 5.74) is 1.50. The van der Waals surface area contributed by atoms with Crippen LogP contribution < -0.4 is 10.2 Å². The van der Waals surface area contributed by atoms with Crippen molar-refractivity contribution in [3.63, 3.8) is 0 Å². The average molecular weight is 519 g/mol. The van der Waals surface area contributed by atoms with Crippen LogP contribution in [0.25, 0.3) is 0 Å². The molecule has 0 aliphatic carbocycles. The van der Waals surface area contributed by atoms with Gasteiger partial charge in [0.2, 0.25) is 0 Å². The van der Waals surface area contributed by atoms with Gasteiger partial charge in [0.15, 0.2) is 11.5 Å². The molecule has 1 amide bonds. The van der Waals surface area contributed by atoms with E-state index in [-0.39, 0.29) is 17.6 Å². The first-order chi connectivity index (χ1) is 15.5. The number of carbonyl (C=O) groups excluding carboxylic acids is 2. The van der Waals surface area contributed by atoms with Gasteiger partial charge < -0.3 is 15.0 Å². The van der Waals surface area contributed by atoms with E-state index < -0.39 is 11.9 Å². The lowest BCUT2D eigenvalue weighted by Crippen LogP contribution is -2.33. The molecular formula is C22H21BrClN5O3. The third-order valence-corrected chi connectivity index (χ3v) is 6.29. The standard InChI is InChI=1S/C22H21BrClN5O3/c23-18-19(27-28-20(18)26-21(30)16-6-1-2-7-17(16)24)22(31)32-15-5-3-4-12-29(13-15)14-8-10-25-11-9-14/h1-2,6-11,15H,3-5,12-13H2,(H2,26,27,28,30)/t15-/m1/s1. The highest BCUT2D eigenvalue weighted by Gasteiger charge is 2.26. The minimum absolute atomic E-state index is 0.138. The zero-order valence-corrected chi connectivity index (χ0v) is 19.4. The Morgan fingerprint density at radius 2 is 1.97 bits per heavy atom. The third kappa shape index (κ3) is 5.11. The molecule has 10 heteroatoms. The van der Waals surface area contributed by atoms with Crippen LogP contribution >= 0.6 is 27.5 Å². The van der Waals surface area contributed by atoms with Gasteiger partial charge in [0.05, 0.1) is 21.6 Å². The van der Waals surface area contributed by atoms with Gasteiger partial charge in [0.1, 0.15) is 6.10 Å². The molecule has 32 heavy (non-hydrogen) atoms.